The van der Waals surface area contributed by atoms with Crippen molar-refractivity contribution in [1.29, 1.82) is 0 Å². The summed E-state index contributed by atoms with van der Waals surface area (Å²) >= 11 is 0. The average Bonchev–Trinajstić information content (AvgIpc) is 2.86. The zero-order valence-corrected chi connectivity index (χ0v) is 8.38. The molecule has 0 radical (unpaired) electrons. The smallest absolute Gasteiger partial charge is 0.358 e. The average molecular weight is 243 g/mol. The third-order valence-corrected chi connectivity index (χ3v) is 2.10. The van der Waals surface area contributed by atoms with E-state index in [1.54, 1.807) is 6.07 Å². The molecule has 0 saturated carbocycles. The first-order valence-electron chi connectivity index (χ1n) is 4.55. The molecule has 2 rings (SSSR count). The molecule has 0 aliphatic carbocycles. The second-order valence-electron chi connectivity index (χ2n) is 3.22. The molecule has 1 N–H and O–H groups in total. The Bertz CT molecular complexity index is 522. The van der Waals surface area contributed by atoms with Gasteiger partial charge in [0.25, 0.3) is 6.43 Å². The minimum absolute atomic E-state index is 0.0174. The lowest BCUT2D eigenvalue weighted by Gasteiger charge is -2.03. The summed E-state index contributed by atoms with van der Waals surface area (Å²) in [4.78, 5) is 10.7. The van der Waals surface area contributed by atoms with Crippen LogP contribution >= 0.6 is 0 Å². The monoisotopic (exact) mass is 243 g/mol. The molecule has 0 fully saturated rings. The van der Waals surface area contributed by atoms with Crippen LogP contribution in [0.5, 0.6) is 0 Å². The number of hydrogen-bond donors (Lipinski definition) is 1. The summed E-state index contributed by atoms with van der Waals surface area (Å²) in [5, 5.41) is 15.3. The SMILES string of the molecule is O=C(O)c1nnn(Cc2ccoc2)c1C(F)F. The van der Waals surface area contributed by atoms with E-state index in [0.717, 1.165) is 4.68 Å². The van der Waals surface area contributed by atoms with Crippen LogP contribution < -0.4 is 0 Å². The Morgan fingerprint density at radius 3 is 2.88 bits per heavy atom. The van der Waals surface area contributed by atoms with Crippen LogP contribution in [0.1, 0.15) is 28.2 Å². The summed E-state index contributed by atoms with van der Waals surface area (Å²) in [7, 11) is 0. The molecular weight excluding hydrogens is 236 g/mol. The van der Waals surface area contributed by atoms with Crippen molar-refractivity contribution in [2.45, 2.75) is 13.0 Å². The fourth-order valence-electron chi connectivity index (χ4n) is 1.36. The fourth-order valence-corrected chi connectivity index (χ4v) is 1.36. The molecule has 0 aliphatic heterocycles. The van der Waals surface area contributed by atoms with Crippen LogP contribution in [0.4, 0.5) is 8.78 Å². The van der Waals surface area contributed by atoms with Gasteiger partial charge in [-0.05, 0) is 6.07 Å². The number of aromatic carboxylic acids is 1. The lowest BCUT2D eigenvalue weighted by Crippen LogP contribution is -2.09. The second-order valence-corrected chi connectivity index (χ2v) is 3.22. The lowest BCUT2D eigenvalue weighted by molar-refractivity contribution is 0.0675. The number of furan rings is 1. The molecule has 0 aromatic carbocycles. The van der Waals surface area contributed by atoms with Crippen molar-refractivity contribution in [1.82, 2.24) is 15.0 Å². The molecule has 0 aliphatic rings. The molecule has 8 heteroatoms. The molecule has 90 valence electrons. The van der Waals surface area contributed by atoms with Gasteiger partial charge in [-0.3, -0.25) is 0 Å². The summed E-state index contributed by atoms with van der Waals surface area (Å²) in [6.07, 6.45) is -0.216. The topological polar surface area (TPSA) is 81.1 Å². The van der Waals surface area contributed by atoms with Gasteiger partial charge in [0.2, 0.25) is 0 Å². The molecule has 0 amide bonds. The summed E-state index contributed by atoms with van der Waals surface area (Å²) in [5.41, 5.74) is -0.851. The number of alkyl halides is 2. The number of carbonyl (C=O) groups is 1. The Kier molecular flexibility index (Phi) is 2.86. The fraction of sp³-hybridized carbons (Fsp3) is 0.222. The van der Waals surface area contributed by atoms with Gasteiger partial charge in [-0.1, -0.05) is 5.21 Å². The maximum Gasteiger partial charge on any atom is 0.358 e. The van der Waals surface area contributed by atoms with Gasteiger partial charge >= 0.3 is 5.97 Å². The highest BCUT2D eigenvalue weighted by molar-refractivity contribution is 5.86. The Morgan fingerprint density at radius 1 is 1.59 bits per heavy atom. The predicted molar refractivity (Wildman–Crippen MR) is 49.7 cm³/mol. The van der Waals surface area contributed by atoms with Gasteiger partial charge in [-0.25, -0.2) is 18.3 Å². The van der Waals surface area contributed by atoms with Crippen LogP contribution in [0.15, 0.2) is 23.0 Å². The number of aromatic nitrogens is 3. The van der Waals surface area contributed by atoms with E-state index in [-0.39, 0.29) is 6.54 Å². The maximum absolute atomic E-state index is 12.7. The third kappa shape index (κ3) is 2.14. The standard InChI is InChI=1S/C9H7F2N3O3/c10-8(11)7-6(9(15)16)12-13-14(7)3-5-1-2-17-4-5/h1-2,4,8H,3H2,(H,15,16). The Morgan fingerprint density at radius 2 is 2.35 bits per heavy atom. The van der Waals surface area contributed by atoms with Gasteiger partial charge in [0, 0.05) is 5.56 Å². The minimum Gasteiger partial charge on any atom is -0.476 e. The molecule has 17 heavy (non-hydrogen) atoms. The number of carboxylic acids is 1. The summed E-state index contributed by atoms with van der Waals surface area (Å²) < 4.78 is 31.1. The number of carboxylic acid groups (broad SMARTS) is 1. The molecule has 6 nitrogen and oxygen atoms in total. The quantitative estimate of drug-likeness (QED) is 0.881. The van der Waals surface area contributed by atoms with Crippen LogP contribution in [-0.2, 0) is 6.54 Å². The molecule has 0 saturated heterocycles. The molecule has 0 atom stereocenters. The van der Waals surface area contributed by atoms with Crippen molar-refractivity contribution in [2.75, 3.05) is 0 Å². The first kappa shape index (κ1) is 11.2. The van der Waals surface area contributed by atoms with Crippen LogP contribution in [0, 0.1) is 0 Å². The van der Waals surface area contributed by atoms with Crippen molar-refractivity contribution in [2.24, 2.45) is 0 Å². The Balaban J connectivity index is 2.37. The van der Waals surface area contributed by atoms with E-state index < -0.39 is 23.8 Å². The van der Waals surface area contributed by atoms with E-state index in [4.69, 9.17) is 9.52 Å². The molecule has 0 unspecified atom stereocenters. The van der Waals surface area contributed by atoms with Crippen molar-refractivity contribution < 1.29 is 23.1 Å². The van der Waals surface area contributed by atoms with Crippen molar-refractivity contribution in [3.05, 3.63) is 35.5 Å². The highest BCUT2D eigenvalue weighted by Crippen LogP contribution is 2.22. The van der Waals surface area contributed by atoms with E-state index in [1.165, 1.54) is 12.5 Å². The second kappa shape index (κ2) is 4.32. The van der Waals surface area contributed by atoms with Crippen molar-refractivity contribution in [3.63, 3.8) is 0 Å². The first-order valence-corrected chi connectivity index (χ1v) is 4.55. The van der Waals surface area contributed by atoms with Crippen LogP contribution in [0.25, 0.3) is 0 Å². The van der Waals surface area contributed by atoms with E-state index in [0.29, 0.717) is 5.56 Å². The van der Waals surface area contributed by atoms with Crippen LogP contribution in [0.3, 0.4) is 0 Å². The summed E-state index contributed by atoms with van der Waals surface area (Å²) in [6.45, 7) is -0.0174. The molecule has 2 aromatic heterocycles. The summed E-state index contributed by atoms with van der Waals surface area (Å²) in [6, 6.07) is 1.57. The van der Waals surface area contributed by atoms with Crippen molar-refractivity contribution in [3.8, 4) is 0 Å². The highest BCUT2D eigenvalue weighted by Gasteiger charge is 2.26. The normalized spacial score (nSPS) is 11.0. The van der Waals surface area contributed by atoms with Crippen LogP contribution in [-0.4, -0.2) is 26.1 Å². The zero-order chi connectivity index (χ0) is 12.4. The maximum atomic E-state index is 12.7. The van der Waals surface area contributed by atoms with Crippen molar-refractivity contribution >= 4 is 5.97 Å². The van der Waals surface area contributed by atoms with E-state index in [1.807, 2.05) is 0 Å². The van der Waals surface area contributed by atoms with Gasteiger partial charge < -0.3 is 9.52 Å². The largest absolute Gasteiger partial charge is 0.476 e. The molecule has 2 aromatic rings. The predicted octanol–water partition coefficient (Wildman–Crippen LogP) is 1.56. The number of nitrogens with zero attached hydrogens (tertiary/aromatic N) is 3. The third-order valence-electron chi connectivity index (χ3n) is 2.10. The van der Waals surface area contributed by atoms with E-state index in [2.05, 4.69) is 10.3 Å². The van der Waals surface area contributed by atoms with E-state index in [9.17, 15) is 13.6 Å². The highest BCUT2D eigenvalue weighted by atomic mass is 19.3. The first-order chi connectivity index (χ1) is 8.09. The number of hydrogen-bond acceptors (Lipinski definition) is 4. The Hall–Kier alpha value is -2.25. The number of rotatable bonds is 4. The summed E-state index contributed by atoms with van der Waals surface area (Å²) in [5.74, 6) is -1.53. The van der Waals surface area contributed by atoms with Gasteiger partial charge in [0.05, 0.1) is 19.1 Å². The van der Waals surface area contributed by atoms with Gasteiger partial charge in [-0.2, -0.15) is 0 Å². The minimum atomic E-state index is -2.96. The molecule has 0 bridgehead atoms. The zero-order valence-electron chi connectivity index (χ0n) is 8.38. The van der Waals surface area contributed by atoms with Gasteiger partial charge in [-0.15, -0.1) is 5.10 Å². The Labute approximate surface area is 93.5 Å². The van der Waals surface area contributed by atoms with Gasteiger partial charge in [0.1, 0.15) is 5.69 Å². The lowest BCUT2D eigenvalue weighted by atomic mass is 10.3. The van der Waals surface area contributed by atoms with Gasteiger partial charge in [0.15, 0.2) is 5.69 Å². The van der Waals surface area contributed by atoms with E-state index >= 15 is 0 Å². The molecule has 0 spiro atoms. The molecule has 2 heterocycles. The van der Waals surface area contributed by atoms with Crippen LogP contribution in [0.2, 0.25) is 0 Å². The number of halogens is 2. The molecular formula is C9H7F2N3O3.